The summed E-state index contributed by atoms with van der Waals surface area (Å²) in [4.78, 5) is 27.4. The normalized spacial score (nSPS) is 19.8. The molecule has 10 heteroatoms. The van der Waals surface area contributed by atoms with E-state index in [1.807, 2.05) is 18.2 Å². The van der Waals surface area contributed by atoms with Gasteiger partial charge in [0.15, 0.2) is 4.90 Å². The summed E-state index contributed by atoms with van der Waals surface area (Å²) in [5.41, 5.74) is 0.238. The van der Waals surface area contributed by atoms with Crippen LogP contribution in [0.25, 0.3) is 0 Å². The smallest absolute Gasteiger partial charge is 0.305 e. The second-order valence-electron chi connectivity index (χ2n) is 6.49. The summed E-state index contributed by atoms with van der Waals surface area (Å²) in [6.07, 6.45) is -0.0949. The summed E-state index contributed by atoms with van der Waals surface area (Å²) in [5.74, 6) is -0.476. The average Bonchev–Trinajstić information content (AvgIpc) is 3.17. The molecule has 3 rings (SSSR count). The zero-order valence-electron chi connectivity index (χ0n) is 15.6. The van der Waals surface area contributed by atoms with Crippen molar-refractivity contribution in [2.24, 2.45) is 0 Å². The molecule has 0 radical (unpaired) electrons. The molecule has 0 bridgehead atoms. The van der Waals surface area contributed by atoms with Crippen LogP contribution < -0.4 is 0 Å². The molecule has 154 valence electrons. The molecule has 0 aromatic heterocycles. The highest BCUT2D eigenvalue weighted by Gasteiger charge is 2.44. The minimum atomic E-state index is -4.34. The summed E-state index contributed by atoms with van der Waals surface area (Å²) in [5, 5.41) is 11.3. The lowest BCUT2D eigenvalue weighted by atomic mass is 10.0. The maximum atomic E-state index is 13.2. The van der Waals surface area contributed by atoms with Crippen LogP contribution in [0, 0.1) is 10.1 Å². The first kappa shape index (κ1) is 20.9. The van der Waals surface area contributed by atoms with Gasteiger partial charge in [-0.2, -0.15) is 0 Å². The fourth-order valence-corrected chi connectivity index (χ4v) is 4.89. The predicted octanol–water partition coefficient (Wildman–Crippen LogP) is 2.98. The summed E-state index contributed by atoms with van der Waals surface area (Å²) in [6, 6.07) is 13.5. The zero-order chi connectivity index (χ0) is 21.0. The minimum absolute atomic E-state index is 0.00502. The van der Waals surface area contributed by atoms with Crippen molar-refractivity contribution in [3.8, 4) is 0 Å². The number of rotatable bonds is 7. The van der Waals surface area contributed by atoms with Gasteiger partial charge in [-0.25, -0.2) is 8.42 Å². The Morgan fingerprint density at radius 1 is 1.21 bits per heavy atom. The fraction of sp³-hybridized carbons (Fsp3) is 0.316. The SMILES string of the molecule is COC(=O)CC[C@@H]1C[C@@H](c2ccccc2)ON1S(=O)(=O)c1ccccc1[N+](=O)[O-]. The first-order valence-electron chi connectivity index (χ1n) is 8.91. The van der Waals surface area contributed by atoms with Crippen LogP contribution in [0.4, 0.5) is 5.69 Å². The quantitative estimate of drug-likeness (QED) is 0.384. The Bertz CT molecular complexity index is 995. The van der Waals surface area contributed by atoms with Crippen LogP contribution in [0.2, 0.25) is 0 Å². The molecule has 9 nitrogen and oxygen atoms in total. The highest BCUT2D eigenvalue weighted by molar-refractivity contribution is 7.89. The van der Waals surface area contributed by atoms with Crippen LogP contribution in [0.5, 0.6) is 0 Å². The number of carbonyl (C=O) groups is 1. The average molecular weight is 420 g/mol. The monoisotopic (exact) mass is 420 g/mol. The van der Waals surface area contributed by atoms with Gasteiger partial charge in [-0.3, -0.25) is 19.7 Å². The van der Waals surface area contributed by atoms with Gasteiger partial charge in [-0.05, 0) is 24.5 Å². The third-order valence-electron chi connectivity index (χ3n) is 4.67. The van der Waals surface area contributed by atoms with Gasteiger partial charge in [0.2, 0.25) is 0 Å². The summed E-state index contributed by atoms with van der Waals surface area (Å²) in [6.45, 7) is 0. The number of nitrogens with zero attached hydrogens (tertiary/aromatic N) is 2. The first-order valence-corrected chi connectivity index (χ1v) is 10.3. The molecule has 1 heterocycles. The largest absolute Gasteiger partial charge is 0.469 e. The molecule has 1 aliphatic rings. The summed E-state index contributed by atoms with van der Waals surface area (Å²) < 4.78 is 31.9. The van der Waals surface area contributed by atoms with Crippen molar-refractivity contribution in [3.63, 3.8) is 0 Å². The third-order valence-corrected chi connectivity index (χ3v) is 6.43. The number of nitro benzene ring substituents is 1. The van der Waals surface area contributed by atoms with Gasteiger partial charge in [0.1, 0.15) is 6.10 Å². The molecule has 2 atom stereocenters. The van der Waals surface area contributed by atoms with Crippen LogP contribution in [0.15, 0.2) is 59.5 Å². The lowest BCUT2D eigenvalue weighted by Gasteiger charge is -2.22. The van der Waals surface area contributed by atoms with Crippen molar-refractivity contribution in [2.45, 2.75) is 36.3 Å². The Hall–Kier alpha value is -2.82. The Morgan fingerprint density at radius 3 is 2.52 bits per heavy atom. The van der Waals surface area contributed by atoms with Gasteiger partial charge < -0.3 is 4.74 Å². The highest BCUT2D eigenvalue weighted by atomic mass is 32.2. The molecule has 0 spiro atoms. The molecule has 0 N–H and O–H groups in total. The van der Waals surface area contributed by atoms with E-state index in [0.717, 1.165) is 16.1 Å². The lowest BCUT2D eigenvalue weighted by molar-refractivity contribution is -0.387. The molecular weight excluding hydrogens is 400 g/mol. The molecule has 1 fully saturated rings. The number of methoxy groups -OCH3 is 1. The number of para-hydroxylation sites is 1. The number of hydroxylamine groups is 1. The first-order chi connectivity index (χ1) is 13.8. The van der Waals surface area contributed by atoms with Crippen LogP contribution in [0.1, 0.15) is 30.9 Å². The van der Waals surface area contributed by atoms with E-state index < -0.39 is 43.6 Å². The Balaban J connectivity index is 1.96. The van der Waals surface area contributed by atoms with E-state index in [1.165, 1.54) is 25.3 Å². The summed E-state index contributed by atoms with van der Waals surface area (Å²) >= 11 is 0. The maximum absolute atomic E-state index is 13.2. The molecule has 0 saturated carbocycles. The molecule has 2 aromatic rings. The van der Waals surface area contributed by atoms with Crippen molar-refractivity contribution in [1.82, 2.24) is 4.47 Å². The minimum Gasteiger partial charge on any atom is -0.469 e. The van der Waals surface area contributed by atoms with Crippen molar-refractivity contribution < 1.29 is 27.7 Å². The maximum Gasteiger partial charge on any atom is 0.305 e. The molecule has 0 amide bonds. The summed E-state index contributed by atoms with van der Waals surface area (Å²) in [7, 11) is -3.09. The molecule has 1 saturated heterocycles. The van der Waals surface area contributed by atoms with Gasteiger partial charge >= 0.3 is 5.97 Å². The number of sulfonamides is 1. The highest BCUT2D eigenvalue weighted by Crippen LogP contribution is 2.40. The number of ether oxygens (including phenoxy) is 1. The molecule has 1 aliphatic heterocycles. The Kier molecular flexibility index (Phi) is 6.26. The number of esters is 1. The van der Waals surface area contributed by atoms with Gasteiger partial charge in [-0.1, -0.05) is 46.9 Å². The number of nitro groups is 1. The standard InChI is InChI=1S/C19H20N2O7S/c1-27-19(22)12-11-15-13-17(14-7-3-2-4-8-14)28-21(15)29(25,26)18-10-6-5-9-16(18)20(23)24/h2-10,15,17H,11-13H2,1H3/t15-,17+/m1/s1. The molecule has 0 aliphatic carbocycles. The molecule has 2 aromatic carbocycles. The van der Waals surface area contributed by atoms with Crippen molar-refractivity contribution in [1.29, 1.82) is 0 Å². The Morgan fingerprint density at radius 2 is 1.86 bits per heavy atom. The van der Waals surface area contributed by atoms with E-state index in [4.69, 9.17) is 4.84 Å². The van der Waals surface area contributed by atoms with Crippen molar-refractivity contribution in [3.05, 3.63) is 70.3 Å². The van der Waals surface area contributed by atoms with Gasteiger partial charge in [0.25, 0.3) is 15.7 Å². The predicted molar refractivity (Wildman–Crippen MR) is 102 cm³/mol. The van der Waals surface area contributed by atoms with Crippen LogP contribution in [-0.4, -0.2) is 36.9 Å². The van der Waals surface area contributed by atoms with E-state index >= 15 is 0 Å². The van der Waals surface area contributed by atoms with E-state index in [1.54, 1.807) is 12.1 Å². The van der Waals surface area contributed by atoms with Gasteiger partial charge in [0.05, 0.1) is 18.1 Å². The van der Waals surface area contributed by atoms with Crippen molar-refractivity contribution >= 4 is 21.7 Å². The lowest BCUT2D eigenvalue weighted by Crippen LogP contribution is -2.35. The van der Waals surface area contributed by atoms with Crippen molar-refractivity contribution in [2.75, 3.05) is 7.11 Å². The van der Waals surface area contributed by atoms with E-state index in [0.29, 0.717) is 6.42 Å². The second kappa shape index (κ2) is 8.68. The van der Waals surface area contributed by atoms with Crippen LogP contribution in [-0.2, 0) is 24.4 Å². The van der Waals surface area contributed by atoms with E-state index in [2.05, 4.69) is 4.74 Å². The van der Waals surface area contributed by atoms with Gasteiger partial charge in [-0.15, -0.1) is 0 Å². The number of carbonyl (C=O) groups excluding carboxylic acids is 1. The molecule has 0 unspecified atom stereocenters. The van der Waals surface area contributed by atoms with E-state index in [9.17, 15) is 23.3 Å². The second-order valence-corrected chi connectivity index (χ2v) is 8.24. The van der Waals surface area contributed by atoms with Gasteiger partial charge in [0, 0.05) is 12.5 Å². The molecular formula is C19H20N2O7S. The third kappa shape index (κ3) is 4.44. The van der Waals surface area contributed by atoms with E-state index in [-0.39, 0.29) is 12.8 Å². The number of hydrogen-bond donors (Lipinski definition) is 0. The topological polar surface area (TPSA) is 116 Å². The van der Waals surface area contributed by atoms with Crippen LogP contribution >= 0.6 is 0 Å². The van der Waals surface area contributed by atoms with Crippen LogP contribution in [0.3, 0.4) is 0 Å². The molecule has 29 heavy (non-hydrogen) atoms. The number of benzene rings is 2. The number of hydrogen-bond acceptors (Lipinski definition) is 7. The Labute approximate surface area is 168 Å². The fourth-order valence-electron chi connectivity index (χ4n) is 3.24. The zero-order valence-corrected chi connectivity index (χ0v) is 16.4.